The maximum absolute atomic E-state index is 11.2. The lowest BCUT2D eigenvalue weighted by Gasteiger charge is -2.08. The summed E-state index contributed by atoms with van der Waals surface area (Å²) in [5.74, 6) is -1.17. The van der Waals surface area contributed by atoms with Gasteiger partial charge < -0.3 is 9.84 Å². The first kappa shape index (κ1) is 13.1. The van der Waals surface area contributed by atoms with Crippen LogP contribution in [0.4, 0.5) is 10.5 Å². The molecule has 0 bridgehead atoms. The van der Waals surface area contributed by atoms with E-state index in [2.05, 4.69) is 16.6 Å². The molecule has 0 saturated carbocycles. The van der Waals surface area contributed by atoms with E-state index in [9.17, 15) is 9.59 Å². The van der Waals surface area contributed by atoms with Gasteiger partial charge in [-0.2, -0.15) is 0 Å². The summed E-state index contributed by atoms with van der Waals surface area (Å²) in [6.45, 7) is 3.42. The lowest BCUT2D eigenvalue weighted by Crippen LogP contribution is -2.16. The Kier molecular flexibility index (Phi) is 4.54. The fourth-order valence-electron chi connectivity index (χ4n) is 1.09. The standard InChI is InChI=1S/C11H10ClNO4/c1-2-5-17-11(16)13-9-6-7(12)3-4-8(9)10(14)15/h2-4,6H,1,5H2,(H,13,16)(H,14,15). The van der Waals surface area contributed by atoms with Crippen molar-refractivity contribution in [2.24, 2.45) is 0 Å². The zero-order valence-electron chi connectivity index (χ0n) is 8.77. The number of carbonyl (C=O) groups is 2. The number of nitrogens with one attached hydrogen (secondary N) is 1. The van der Waals surface area contributed by atoms with Crippen LogP contribution >= 0.6 is 11.6 Å². The number of aromatic carboxylic acids is 1. The van der Waals surface area contributed by atoms with Gasteiger partial charge in [0.1, 0.15) is 6.61 Å². The van der Waals surface area contributed by atoms with Gasteiger partial charge in [-0.15, -0.1) is 0 Å². The molecular formula is C11H10ClNO4. The van der Waals surface area contributed by atoms with Gasteiger partial charge in [0, 0.05) is 5.02 Å². The molecule has 1 aromatic rings. The largest absolute Gasteiger partial charge is 0.478 e. The van der Waals surface area contributed by atoms with Gasteiger partial charge >= 0.3 is 12.1 Å². The number of carboxylic acid groups (broad SMARTS) is 1. The second kappa shape index (κ2) is 5.91. The maximum Gasteiger partial charge on any atom is 0.411 e. The molecular weight excluding hydrogens is 246 g/mol. The van der Waals surface area contributed by atoms with Crippen LogP contribution in [-0.2, 0) is 4.74 Å². The van der Waals surface area contributed by atoms with Gasteiger partial charge in [-0.05, 0) is 18.2 Å². The van der Waals surface area contributed by atoms with Gasteiger partial charge in [0.15, 0.2) is 0 Å². The number of carboxylic acids is 1. The van der Waals surface area contributed by atoms with E-state index in [0.29, 0.717) is 5.02 Å². The Labute approximate surface area is 103 Å². The molecule has 1 amide bonds. The van der Waals surface area contributed by atoms with Crippen molar-refractivity contribution in [1.29, 1.82) is 0 Å². The number of benzene rings is 1. The van der Waals surface area contributed by atoms with E-state index in [-0.39, 0.29) is 17.9 Å². The molecule has 0 spiro atoms. The first-order valence-electron chi connectivity index (χ1n) is 4.62. The lowest BCUT2D eigenvalue weighted by molar-refractivity contribution is 0.0698. The summed E-state index contributed by atoms with van der Waals surface area (Å²) in [4.78, 5) is 22.1. The second-order valence-corrected chi connectivity index (χ2v) is 3.44. The average Bonchev–Trinajstić information content (AvgIpc) is 2.26. The molecule has 17 heavy (non-hydrogen) atoms. The number of hydrogen-bond acceptors (Lipinski definition) is 3. The van der Waals surface area contributed by atoms with E-state index >= 15 is 0 Å². The molecule has 0 aliphatic rings. The SMILES string of the molecule is C=CCOC(=O)Nc1cc(Cl)ccc1C(=O)O. The normalized spacial score (nSPS) is 9.47. The predicted molar refractivity (Wildman–Crippen MR) is 63.6 cm³/mol. The van der Waals surface area contributed by atoms with E-state index in [4.69, 9.17) is 16.7 Å². The molecule has 6 heteroatoms. The average molecular weight is 256 g/mol. The van der Waals surface area contributed by atoms with Crippen LogP contribution in [0, 0.1) is 0 Å². The summed E-state index contributed by atoms with van der Waals surface area (Å²) in [5.41, 5.74) is 0.0176. The van der Waals surface area contributed by atoms with Crippen LogP contribution in [0.2, 0.25) is 5.02 Å². The number of carbonyl (C=O) groups excluding carboxylic acids is 1. The Hall–Kier alpha value is -2.01. The van der Waals surface area contributed by atoms with Crippen molar-refractivity contribution in [3.63, 3.8) is 0 Å². The Morgan fingerprint density at radius 3 is 2.82 bits per heavy atom. The van der Waals surface area contributed by atoms with Gasteiger partial charge in [-0.1, -0.05) is 24.3 Å². The molecule has 0 unspecified atom stereocenters. The fraction of sp³-hybridized carbons (Fsp3) is 0.0909. The van der Waals surface area contributed by atoms with E-state index in [1.165, 1.54) is 24.3 Å². The number of rotatable bonds is 4. The smallest absolute Gasteiger partial charge is 0.411 e. The highest BCUT2D eigenvalue weighted by atomic mass is 35.5. The molecule has 0 aliphatic carbocycles. The summed E-state index contributed by atoms with van der Waals surface area (Å²) >= 11 is 5.71. The Morgan fingerprint density at radius 1 is 1.53 bits per heavy atom. The highest BCUT2D eigenvalue weighted by Crippen LogP contribution is 2.21. The molecule has 0 aliphatic heterocycles. The molecule has 0 radical (unpaired) electrons. The van der Waals surface area contributed by atoms with Crippen LogP contribution in [-0.4, -0.2) is 23.8 Å². The van der Waals surface area contributed by atoms with Crippen molar-refractivity contribution >= 4 is 29.4 Å². The molecule has 0 atom stereocenters. The molecule has 5 nitrogen and oxygen atoms in total. The molecule has 0 aromatic heterocycles. The Morgan fingerprint density at radius 2 is 2.24 bits per heavy atom. The summed E-state index contributed by atoms with van der Waals surface area (Å²) in [7, 11) is 0. The molecule has 0 fully saturated rings. The Balaban J connectivity index is 2.88. The van der Waals surface area contributed by atoms with Gasteiger partial charge in [-0.25, -0.2) is 9.59 Å². The van der Waals surface area contributed by atoms with Gasteiger partial charge in [0.25, 0.3) is 0 Å². The summed E-state index contributed by atoms with van der Waals surface area (Å²) in [5, 5.41) is 11.5. The minimum absolute atomic E-state index is 0.0365. The molecule has 0 heterocycles. The van der Waals surface area contributed by atoms with Crippen LogP contribution in [0.25, 0.3) is 0 Å². The molecule has 90 valence electrons. The topological polar surface area (TPSA) is 75.6 Å². The van der Waals surface area contributed by atoms with Crippen molar-refractivity contribution in [3.8, 4) is 0 Å². The lowest BCUT2D eigenvalue weighted by atomic mass is 10.2. The molecule has 1 rings (SSSR count). The quantitative estimate of drug-likeness (QED) is 0.811. The first-order chi connectivity index (χ1) is 8.04. The van der Waals surface area contributed by atoms with Gasteiger partial charge in [0.05, 0.1) is 11.3 Å². The number of hydrogen-bond donors (Lipinski definition) is 2. The van der Waals surface area contributed by atoms with Gasteiger partial charge in [-0.3, -0.25) is 5.32 Å². The monoisotopic (exact) mass is 255 g/mol. The molecule has 1 aromatic carbocycles. The zero-order valence-corrected chi connectivity index (χ0v) is 9.53. The molecule has 0 saturated heterocycles. The number of anilines is 1. The van der Waals surface area contributed by atoms with Crippen LogP contribution in [0.3, 0.4) is 0 Å². The third kappa shape index (κ3) is 3.81. The number of amides is 1. The molecule has 2 N–H and O–H groups in total. The van der Waals surface area contributed by atoms with Crippen molar-refractivity contribution < 1.29 is 19.4 Å². The van der Waals surface area contributed by atoms with Crippen LogP contribution in [0.5, 0.6) is 0 Å². The van der Waals surface area contributed by atoms with Crippen LogP contribution < -0.4 is 5.32 Å². The fourth-order valence-corrected chi connectivity index (χ4v) is 1.26. The van der Waals surface area contributed by atoms with Crippen molar-refractivity contribution in [3.05, 3.63) is 41.4 Å². The highest BCUT2D eigenvalue weighted by molar-refractivity contribution is 6.31. The predicted octanol–water partition coefficient (Wildman–Crippen LogP) is 2.77. The first-order valence-corrected chi connectivity index (χ1v) is 5.00. The maximum atomic E-state index is 11.2. The Bertz CT molecular complexity index is 459. The van der Waals surface area contributed by atoms with Crippen molar-refractivity contribution in [2.75, 3.05) is 11.9 Å². The number of halogens is 1. The third-order valence-electron chi connectivity index (χ3n) is 1.78. The van der Waals surface area contributed by atoms with Crippen molar-refractivity contribution in [1.82, 2.24) is 0 Å². The van der Waals surface area contributed by atoms with E-state index in [1.807, 2.05) is 0 Å². The minimum Gasteiger partial charge on any atom is -0.478 e. The van der Waals surface area contributed by atoms with Gasteiger partial charge in [0.2, 0.25) is 0 Å². The highest BCUT2D eigenvalue weighted by Gasteiger charge is 2.13. The van der Waals surface area contributed by atoms with Crippen LogP contribution in [0.1, 0.15) is 10.4 Å². The second-order valence-electron chi connectivity index (χ2n) is 3.01. The van der Waals surface area contributed by atoms with E-state index in [1.54, 1.807) is 0 Å². The third-order valence-corrected chi connectivity index (χ3v) is 2.02. The minimum atomic E-state index is -1.17. The summed E-state index contributed by atoms with van der Waals surface area (Å²) in [6, 6.07) is 4.05. The summed E-state index contributed by atoms with van der Waals surface area (Å²) < 4.78 is 4.67. The van der Waals surface area contributed by atoms with Crippen molar-refractivity contribution in [2.45, 2.75) is 0 Å². The zero-order chi connectivity index (χ0) is 12.8. The van der Waals surface area contributed by atoms with E-state index in [0.717, 1.165) is 0 Å². The van der Waals surface area contributed by atoms with E-state index < -0.39 is 12.1 Å². The number of ether oxygens (including phenoxy) is 1. The van der Waals surface area contributed by atoms with Crippen LogP contribution in [0.15, 0.2) is 30.9 Å². The summed E-state index contributed by atoms with van der Waals surface area (Å²) in [6.07, 6.45) is 0.630.